The Morgan fingerprint density at radius 1 is 1.04 bits per heavy atom. The van der Waals surface area contributed by atoms with Crippen molar-refractivity contribution in [2.75, 3.05) is 0 Å². The third-order valence-electron chi connectivity index (χ3n) is 5.57. The minimum absolute atomic E-state index is 0.165. The predicted octanol–water partition coefficient (Wildman–Crippen LogP) is 6.48. The Bertz CT molecular complexity index is 873. The van der Waals surface area contributed by atoms with Gasteiger partial charge in [-0.15, -0.1) is 0 Å². The summed E-state index contributed by atoms with van der Waals surface area (Å²) in [6, 6.07) is 13.7. The van der Waals surface area contributed by atoms with Crippen molar-refractivity contribution in [2.24, 2.45) is 5.92 Å². The molecule has 0 aliphatic heterocycles. The van der Waals surface area contributed by atoms with Gasteiger partial charge in [-0.3, -0.25) is 0 Å². The van der Waals surface area contributed by atoms with Crippen LogP contribution in [0.25, 0.3) is 10.9 Å². The molecule has 1 nitrogen and oxygen atoms in total. The SMILES string of the molecule is CCc1c(CC(C)CC)n(CCc2ccc(F)cc2)c2ccc(C)cc12. The number of rotatable bonds is 7. The number of halogens is 1. The van der Waals surface area contributed by atoms with E-state index in [2.05, 4.69) is 50.5 Å². The lowest BCUT2D eigenvalue weighted by atomic mass is 9.98. The number of fused-ring (bicyclic) bond motifs is 1. The highest BCUT2D eigenvalue weighted by Gasteiger charge is 2.17. The van der Waals surface area contributed by atoms with Crippen molar-refractivity contribution in [3.63, 3.8) is 0 Å². The van der Waals surface area contributed by atoms with Crippen molar-refractivity contribution in [3.05, 3.63) is 70.7 Å². The zero-order valence-corrected chi connectivity index (χ0v) is 16.5. The summed E-state index contributed by atoms with van der Waals surface area (Å²) in [5.41, 5.74) is 6.84. The maximum Gasteiger partial charge on any atom is 0.123 e. The normalized spacial score (nSPS) is 12.7. The molecular weight excluding hydrogens is 321 g/mol. The summed E-state index contributed by atoms with van der Waals surface area (Å²) in [5.74, 6) is 0.511. The Balaban J connectivity index is 2.02. The first-order valence-corrected chi connectivity index (χ1v) is 9.88. The monoisotopic (exact) mass is 351 g/mol. The number of hydrogen-bond donors (Lipinski definition) is 0. The van der Waals surface area contributed by atoms with E-state index in [1.165, 1.54) is 39.7 Å². The van der Waals surface area contributed by atoms with Gasteiger partial charge in [0, 0.05) is 23.1 Å². The van der Waals surface area contributed by atoms with Gasteiger partial charge >= 0.3 is 0 Å². The number of aromatic nitrogens is 1. The fraction of sp³-hybridized carbons (Fsp3) is 0.417. The van der Waals surface area contributed by atoms with Crippen LogP contribution in [0.1, 0.15) is 49.6 Å². The lowest BCUT2D eigenvalue weighted by Gasteiger charge is -2.15. The second kappa shape index (κ2) is 8.07. The molecule has 26 heavy (non-hydrogen) atoms. The quantitative estimate of drug-likeness (QED) is 0.459. The summed E-state index contributed by atoms with van der Waals surface area (Å²) >= 11 is 0. The molecule has 0 aliphatic rings. The van der Waals surface area contributed by atoms with E-state index in [1.54, 1.807) is 12.1 Å². The van der Waals surface area contributed by atoms with Crippen LogP contribution in [0.2, 0.25) is 0 Å². The molecule has 1 aromatic heterocycles. The Kier molecular flexibility index (Phi) is 5.80. The molecule has 3 aromatic rings. The van der Waals surface area contributed by atoms with E-state index in [4.69, 9.17) is 0 Å². The Hall–Kier alpha value is -2.09. The van der Waals surface area contributed by atoms with Crippen LogP contribution in [0, 0.1) is 18.7 Å². The third kappa shape index (κ3) is 3.85. The zero-order chi connectivity index (χ0) is 18.7. The van der Waals surface area contributed by atoms with Gasteiger partial charge in [0.05, 0.1) is 0 Å². The number of benzene rings is 2. The molecule has 0 N–H and O–H groups in total. The van der Waals surface area contributed by atoms with Gasteiger partial charge in [-0.05, 0) is 67.5 Å². The predicted molar refractivity (Wildman–Crippen MR) is 109 cm³/mol. The van der Waals surface area contributed by atoms with Gasteiger partial charge in [0.1, 0.15) is 5.82 Å². The average Bonchev–Trinajstić information content (AvgIpc) is 2.92. The summed E-state index contributed by atoms with van der Waals surface area (Å²) < 4.78 is 15.7. The van der Waals surface area contributed by atoms with Gasteiger partial charge < -0.3 is 4.57 Å². The molecule has 0 radical (unpaired) electrons. The van der Waals surface area contributed by atoms with Crippen LogP contribution in [0.5, 0.6) is 0 Å². The first-order valence-electron chi connectivity index (χ1n) is 9.88. The molecule has 0 amide bonds. The van der Waals surface area contributed by atoms with Crippen LogP contribution >= 0.6 is 0 Å². The lowest BCUT2D eigenvalue weighted by Crippen LogP contribution is -2.10. The zero-order valence-electron chi connectivity index (χ0n) is 16.5. The van der Waals surface area contributed by atoms with E-state index >= 15 is 0 Å². The van der Waals surface area contributed by atoms with Crippen molar-refractivity contribution in [3.8, 4) is 0 Å². The summed E-state index contributed by atoms with van der Waals surface area (Å²) in [5, 5.41) is 1.41. The van der Waals surface area contributed by atoms with Crippen LogP contribution in [0.4, 0.5) is 4.39 Å². The number of hydrogen-bond acceptors (Lipinski definition) is 0. The fourth-order valence-corrected chi connectivity index (χ4v) is 3.84. The first-order chi connectivity index (χ1) is 12.5. The molecule has 0 spiro atoms. The van der Waals surface area contributed by atoms with E-state index in [9.17, 15) is 4.39 Å². The van der Waals surface area contributed by atoms with Crippen LogP contribution in [0.15, 0.2) is 42.5 Å². The summed E-state index contributed by atoms with van der Waals surface area (Å²) in [6.07, 6.45) is 4.31. The van der Waals surface area contributed by atoms with Crippen LogP contribution in [0.3, 0.4) is 0 Å². The molecular formula is C24H30FN. The van der Waals surface area contributed by atoms with Gasteiger partial charge in [-0.25, -0.2) is 4.39 Å². The second-order valence-electron chi connectivity index (χ2n) is 7.55. The molecule has 0 saturated heterocycles. The Labute approximate surface area is 156 Å². The van der Waals surface area contributed by atoms with Crippen molar-refractivity contribution in [2.45, 2.75) is 59.9 Å². The minimum atomic E-state index is -0.165. The maximum absolute atomic E-state index is 13.2. The molecule has 0 fully saturated rings. The van der Waals surface area contributed by atoms with E-state index in [-0.39, 0.29) is 5.82 Å². The van der Waals surface area contributed by atoms with E-state index in [0.29, 0.717) is 5.92 Å². The highest BCUT2D eigenvalue weighted by Crippen LogP contribution is 2.30. The van der Waals surface area contributed by atoms with Crippen molar-refractivity contribution < 1.29 is 4.39 Å². The average molecular weight is 352 g/mol. The number of nitrogens with zero attached hydrogens (tertiary/aromatic N) is 1. The molecule has 2 heteroatoms. The summed E-state index contributed by atoms with van der Waals surface area (Å²) in [6.45, 7) is 9.99. The van der Waals surface area contributed by atoms with Gasteiger partial charge in [0.2, 0.25) is 0 Å². The minimum Gasteiger partial charge on any atom is -0.344 e. The Morgan fingerprint density at radius 3 is 2.42 bits per heavy atom. The third-order valence-corrected chi connectivity index (χ3v) is 5.57. The van der Waals surface area contributed by atoms with Gasteiger partial charge in [0.15, 0.2) is 0 Å². The molecule has 0 bridgehead atoms. The van der Waals surface area contributed by atoms with Crippen molar-refractivity contribution in [1.82, 2.24) is 4.57 Å². The van der Waals surface area contributed by atoms with Crippen molar-refractivity contribution in [1.29, 1.82) is 0 Å². The molecule has 0 saturated carbocycles. The maximum atomic E-state index is 13.2. The first kappa shape index (κ1) is 18.7. The van der Waals surface area contributed by atoms with Crippen molar-refractivity contribution >= 4 is 10.9 Å². The molecule has 0 aliphatic carbocycles. The number of aryl methyl sites for hydroxylation is 4. The molecule has 1 heterocycles. The van der Waals surface area contributed by atoms with Crippen LogP contribution < -0.4 is 0 Å². The molecule has 2 aromatic carbocycles. The van der Waals surface area contributed by atoms with Gasteiger partial charge in [-0.1, -0.05) is 51.0 Å². The standard InChI is InChI=1S/C24H30FN/c1-5-17(3)16-24-21(6-2)22-15-18(4)7-12-23(22)26(24)14-13-19-8-10-20(25)11-9-19/h7-12,15,17H,5-6,13-14,16H2,1-4H3. The van der Waals surface area contributed by atoms with Gasteiger partial charge in [-0.2, -0.15) is 0 Å². The van der Waals surface area contributed by atoms with E-state index in [1.807, 2.05) is 12.1 Å². The largest absolute Gasteiger partial charge is 0.344 e. The topological polar surface area (TPSA) is 4.93 Å². The molecule has 1 unspecified atom stereocenters. The van der Waals surface area contributed by atoms with E-state index in [0.717, 1.165) is 25.8 Å². The van der Waals surface area contributed by atoms with Crippen LogP contribution in [-0.2, 0) is 25.8 Å². The van der Waals surface area contributed by atoms with Gasteiger partial charge in [0.25, 0.3) is 0 Å². The summed E-state index contributed by atoms with van der Waals surface area (Å²) in [4.78, 5) is 0. The molecule has 1 atom stereocenters. The van der Waals surface area contributed by atoms with Crippen LogP contribution in [-0.4, -0.2) is 4.57 Å². The molecule has 3 rings (SSSR count). The van der Waals surface area contributed by atoms with E-state index < -0.39 is 0 Å². The summed E-state index contributed by atoms with van der Waals surface area (Å²) in [7, 11) is 0. The lowest BCUT2D eigenvalue weighted by molar-refractivity contribution is 0.529. The smallest absolute Gasteiger partial charge is 0.123 e. The Morgan fingerprint density at radius 2 is 1.77 bits per heavy atom. The molecule has 138 valence electrons. The fourth-order valence-electron chi connectivity index (χ4n) is 3.84. The second-order valence-corrected chi connectivity index (χ2v) is 7.55. The highest BCUT2D eigenvalue weighted by molar-refractivity contribution is 5.86. The highest BCUT2D eigenvalue weighted by atomic mass is 19.1.